The van der Waals surface area contributed by atoms with Crippen LogP contribution in [-0.2, 0) is 14.3 Å². The maximum atomic E-state index is 11.4. The standard InChI is InChI=1S/C22H26N2O3S/c1-17(2)14-24-15-18(16-27-28(3,25)26)13-22(23-24)21-11-9-20(10-12-21)19-7-5-4-6-8-19/h4-13,15,17,23H,14,16H2,1-3H3. The summed E-state index contributed by atoms with van der Waals surface area (Å²) in [7, 11) is -3.49. The van der Waals surface area contributed by atoms with E-state index in [2.05, 4.69) is 55.7 Å². The summed E-state index contributed by atoms with van der Waals surface area (Å²) >= 11 is 0. The molecule has 28 heavy (non-hydrogen) atoms. The lowest BCUT2D eigenvalue weighted by atomic mass is 10.0. The van der Waals surface area contributed by atoms with E-state index >= 15 is 0 Å². The normalized spacial score (nSPS) is 14.5. The summed E-state index contributed by atoms with van der Waals surface area (Å²) in [4.78, 5) is 0. The largest absolute Gasteiger partial charge is 0.298 e. The molecule has 0 spiro atoms. The van der Waals surface area contributed by atoms with Gasteiger partial charge in [0.1, 0.15) is 0 Å². The fourth-order valence-corrected chi connectivity index (χ4v) is 3.36. The van der Waals surface area contributed by atoms with Gasteiger partial charge in [-0.2, -0.15) is 8.42 Å². The summed E-state index contributed by atoms with van der Waals surface area (Å²) < 4.78 is 27.7. The molecule has 6 heteroatoms. The lowest BCUT2D eigenvalue weighted by Crippen LogP contribution is -2.37. The van der Waals surface area contributed by atoms with E-state index in [1.54, 1.807) is 0 Å². The predicted octanol–water partition coefficient (Wildman–Crippen LogP) is 4.03. The number of benzene rings is 2. The third kappa shape index (κ3) is 5.71. The van der Waals surface area contributed by atoms with Crippen molar-refractivity contribution < 1.29 is 12.6 Å². The highest BCUT2D eigenvalue weighted by Gasteiger charge is 2.15. The van der Waals surface area contributed by atoms with Crippen molar-refractivity contribution in [3.63, 3.8) is 0 Å². The van der Waals surface area contributed by atoms with Gasteiger partial charge in [-0.15, -0.1) is 0 Å². The average Bonchev–Trinajstić information content (AvgIpc) is 2.66. The minimum absolute atomic E-state index is 0.0146. The lowest BCUT2D eigenvalue weighted by Gasteiger charge is -2.30. The minimum Gasteiger partial charge on any atom is -0.298 e. The Morgan fingerprint density at radius 1 is 0.964 bits per heavy atom. The fraction of sp³-hybridized carbons (Fsp3) is 0.273. The van der Waals surface area contributed by atoms with Crippen molar-refractivity contribution in [1.82, 2.24) is 10.4 Å². The van der Waals surface area contributed by atoms with Crippen LogP contribution in [-0.4, -0.2) is 32.8 Å². The maximum Gasteiger partial charge on any atom is 0.264 e. The molecule has 0 amide bonds. The van der Waals surface area contributed by atoms with Crippen LogP contribution in [0.3, 0.4) is 0 Å². The van der Waals surface area contributed by atoms with E-state index in [1.165, 1.54) is 5.56 Å². The zero-order chi connectivity index (χ0) is 20.1. The second kappa shape index (κ2) is 8.63. The van der Waals surface area contributed by atoms with Crippen molar-refractivity contribution in [1.29, 1.82) is 0 Å². The molecule has 0 atom stereocenters. The number of rotatable bonds is 7. The summed E-state index contributed by atoms with van der Waals surface area (Å²) in [5.41, 5.74) is 8.46. The average molecular weight is 399 g/mol. The molecule has 1 aliphatic rings. The number of hydrogen-bond donors (Lipinski definition) is 1. The van der Waals surface area contributed by atoms with Gasteiger partial charge >= 0.3 is 0 Å². The van der Waals surface area contributed by atoms with Gasteiger partial charge in [-0.25, -0.2) is 0 Å². The molecule has 0 fully saturated rings. The maximum absolute atomic E-state index is 11.4. The molecule has 0 saturated heterocycles. The molecule has 0 aromatic heterocycles. The molecule has 5 nitrogen and oxygen atoms in total. The van der Waals surface area contributed by atoms with Crippen LogP contribution in [0.2, 0.25) is 0 Å². The second-order valence-corrected chi connectivity index (χ2v) is 8.97. The van der Waals surface area contributed by atoms with Gasteiger partial charge in [-0.1, -0.05) is 68.4 Å². The van der Waals surface area contributed by atoms with Gasteiger partial charge in [-0.3, -0.25) is 14.6 Å². The van der Waals surface area contributed by atoms with Crippen molar-refractivity contribution in [2.24, 2.45) is 5.92 Å². The first kappa shape index (κ1) is 20.2. The summed E-state index contributed by atoms with van der Waals surface area (Å²) in [5.74, 6) is 0.445. The first-order valence-electron chi connectivity index (χ1n) is 9.26. The molecule has 1 N–H and O–H groups in total. The summed E-state index contributed by atoms with van der Waals surface area (Å²) in [5, 5.41) is 1.98. The van der Waals surface area contributed by atoms with E-state index in [0.717, 1.165) is 35.2 Å². The Balaban J connectivity index is 1.84. The van der Waals surface area contributed by atoms with Crippen LogP contribution in [0.15, 0.2) is 72.4 Å². The number of hydrazine groups is 1. The van der Waals surface area contributed by atoms with E-state index in [-0.39, 0.29) is 6.61 Å². The van der Waals surface area contributed by atoms with E-state index in [4.69, 9.17) is 4.18 Å². The first-order valence-corrected chi connectivity index (χ1v) is 11.1. The molecule has 1 heterocycles. The van der Waals surface area contributed by atoms with E-state index < -0.39 is 10.1 Å². The van der Waals surface area contributed by atoms with Gasteiger partial charge in [0.2, 0.25) is 0 Å². The quantitative estimate of drug-likeness (QED) is 0.714. The van der Waals surface area contributed by atoms with Gasteiger partial charge < -0.3 is 0 Å². The Bertz CT molecular complexity index is 963. The Kier molecular flexibility index (Phi) is 6.21. The van der Waals surface area contributed by atoms with Crippen molar-refractivity contribution >= 4 is 15.8 Å². The van der Waals surface area contributed by atoms with Gasteiger partial charge in [-0.05, 0) is 34.3 Å². The molecule has 0 saturated carbocycles. The highest BCUT2D eigenvalue weighted by molar-refractivity contribution is 7.86. The molecule has 0 radical (unpaired) electrons. The molecular formula is C22H26N2O3S. The number of nitrogens with zero attached hydrogens (tertiary/aromatic N) is 1. The molecule has 0 bridgehead atoms. The Morgan fingerprint density at radius 2 is 1.57 bits per heavy atom. The highest BCUT2D eigenvalue weighted by Crippen LogP contribution is 2.24. The number of hydrogen-bond acceptors (Lipinski definition) is 5. The molecule has 2 aromatic carbocycles. The van der Waals surface area contributed by atoms with Crippen molar-refractivity contribution in [3.05, 3.63) is 78.0 Å². The zero-order valence-electron chi connectivity index (χ0n) is 16.4. The van der Waals surface area contributed by atoms with Crippen molar-refractivity contribution in [2.45, 2.75) is 13.8 Å². The van der Waals surface area contributed by atoms with Crippen LogP contribution in [0, 0.1) is 5.92 Å². The molecule has 0 aliphatic carbocycles. The molecule has 148 valence electrons. The van der Waals surface area contributed by atoms with Crippen LogP contribution in [0.1, 0.15) is 19.4 Å². The molecule has 1 aliphatic heterocycles. The van der Waals surface area contributed by atoms with Gasteiger partial charge in [0.15, 0.2) is 0 Å². The smallest absolute Gasteiger partial charge is 0.264 e. The van der Waals surface area contributed by atoms with E-state index in [9.17, 15) is 8.42 Å². The van der Waals surface area contributed by atoms with Crippen LogP contribution in [0.5, 0.6) is 0 Å². The van der Waals surface area contributed by atoms with E-state index in [1.807, 2.05) is 35.5 Å². The highest BCUT2D eigenvalue weighted by atomic mass is 32.2. The lowest BCUT2D eigenvalue weighted by molar-refractivity contribution is 0.275. The Labute approximate surface area is 167 Å². The molecule has 3 rings (SSSR count). The SMILES string of the molecule is CC(C)CN1C=C(COS(C)(=O)=O)C=C(c2ccc(-c3ccccc3)cc2)N1. The Morgan fingerprint density at radius 3 is 2.18 bits per heavy atom. The van der Waals surface area contributed by atoms with Crippen LogP contribution >= 0.6 is 0 Å². The van der Waals surface area contributed by atoms with Crippen molar-refractivity contribution in [2.75, 3.05) is 19.4 Å². The molecular weight excluding hydrogens is 372 g/mol. The first-order chi connectivity index (χ1) is 13.3. The summed E-state index contributed by atoms with van der Waals surface area (Å²) in [6, 6.07) is 18.5. The second-order valence-electron chi connectivity index (χ2n) is 7.33. The van der Waals surface area contributed by atoms with Gasteiger partial charge in [0, 0.05) is 12.7 Å². The molecule has 0 unspecified atom stereocenters. The predicted molar refractivity (Wildman–Crippen MR) is 113 cm³/mol. The summed E-state index contributed by atoms with van der Waals surface area (Å²) in [6.07, 6.45) is 4.89. The van der Waals surface area contributed by atoms with Crippen LogP contribution in [0.25, 0.3) is 16.8 Å². The van der Waals surface area contributed by atoms with Crippen LogP contribution in [0.4, 0.5) is 0 Å². The number of nitrogens with one attached hydrogen (secondary N) is 1. The Hall–Kier alpha value is -2.57. The van der Waals surface area contributed by atoms with Crippen molar-refractivity contribution in [3.8, 4) is 11.1 Å². The molecule has 2 aromatic rings. The third-order valence-corrected chi connectivity index (χ3v) is 4.77. The monoisotopic (exact) mass is 398 g/mol. The minimum atomic E-state index is -3.49. The van der Waals surface area contributed by atoms with Gasteiger partial charge in [0.25, 0.3) is 10.1 Å². The summed E-state index contributed by atoms with van der Waals surface area (Å²) in [6.45, 7) is 5.08. The van der Waals surface area contributed by atoms with Crippen LogP contribution < -0.4 is 5.43 Å². The van der Waals surface area contributed by atoms with Gasteiger partial charge in [0.05, 0.1) is 18.6 Å². The zero-order valence-corrected chi connectivity index (χ0v) is 17.2. The van der Waals surface area contributed by atoms with E-state index in [0.29, 0.717) is 5.92 Å². The fourth-order valence-electron chi connectivity index (χ4n) is 3.01. The topological polar surface area (TPSA) is 58.6 Å². The third-order valence-electron chi connectivity index (χ3n) is 4.22.